The summed E-state index contributed by atoms with van der Waals surface area (Å²) in [5.41, 5.74) is 0. The third kappa shape index (κ3) is 3.41. The summed E-state index contributed by atoms with van der Waals surface area (Å²) in [6.45, 7) is 6.11. The Bertz CT molecular complexity index is 255. The zero-order valence-electron chi connectivity index (χ0n) is 9.19. The lowest BCUT2D eigenvalue weighted by Crippen LogP contribution is -2.13. The molecule has 0 bridgehead atoms. The van der Waals surface area contributed by atoms with Crippen molar-refractivity contribution < 1.29 is 0 Å². The summed E-state index contributed by atoms with van der Waals surface area (Å²) in [6.07, 6.45) is 2.36. The quantitative estimate of drug-likeness (QED) is 0.734. The zero-order chi connectivity index (χ0) is 10.4. The number of aromatic nitrogens is 4. The molecule has 0 aromatic carbocycles. The highest BCUT2D eigenvalue weighted by Crippen LogP contribution is 2.05. The molecule has 0 atom stereocenters. The molecule has 1 rings (SSSR count). The topological polar surface area (TPSA) is 55.6 Å². The van der Waals surface area contributed by atoms with Crippen LogP contribution in [-0.2, 0) is 13.1 Å². The van der Waals surface area contributed by atoms with Gasteiger partial charge < -0.3 is 5.32 Å². The van der Waals surface area contributed by atoms with Crippen LogP contribution >= 0.6 is 0 Å². The number of rotatable bonds is 6. The smallest absolute Gasteiger partial charge is 0.165 e. The molecule has 0 aliphatic carbocycles. The first-order valence-corrected chi connectivity index (χ1v) is 5.13. The van der Waals surface area contributed by atoms with Gasteiger partial charge in [0.05, 0.1) is 6.54 Å². The van der Waals surface area contributed by atoms with Gasteiger partial charge in [-0.3, -0.25) is 0 Å². The summed E-state index contributed by atoms with van der Waals surface area (Å²) in [5, 5.41) is 14.6. The third-order valence-corrected chi connectivity index (χ3v) is 2.09. The lowest BCUT2D eigenvalue weighted by atomic mass is 10.1. The van der Waals surface area contributed by atoms with Gasteiger partial charge in [0.1, 0.15) is 0 Å². The largest absolute Gasteiger partial charge is 0.313 e. The van der Waals surface area contributed by atoms with Crippen LogP contribution in [0.5, 0.6) is 0 Å². The number of nitrogens with one attached hydrogen (secondary N) is 1. The predicted octanol–water partition coefficient (Wildman–Crippen LogP) is 0.829. The maximum Gasteiger partial charge on any atom is 0.165 e. The Morgan fingerprint density at radius 3 is 2.86 bits per heavy atom. The lowest BCUT2D eigenvalue weighted by molar-refractivity contribution is 0.469. The van der Waals surface area contributed by atoms with Crippen LogP contribution in [0.3, 0.4) is 0 Å². The number of hydrogen-bond donors (Lipinski definition) is 1. The number of aryl methyl sites for hydroxylation is 1. The Kier molecular flexibility index (Phi) is 4.52. The van der Waals surface area contributed by atoms with Gasteiger partial charge in [-0.25, -0.2) is 4.68 Å². The van der Waals surface area contributed by atoms with Crippen molar-refractivity contribution in [1.82, 2.24) is 25.5 Å². The molecule has 1 aromatic rings. The fraction of sp³-hybridized carbons (Fsp3) is 0.889. The molecule has 0 aliphatic heterocycles. The van der Waals surface area contributed by atoms with Gasteiger partial charge in [0, 0.05) is 6.54 Å². The van der Waals surface area contributed by atoms with Crippen molar-refractivity contribution >= 4 is 0 Å². The highest BCUT2D eigenvalue weighted by atomic mass is 15.5. The maximum atomic E-state index is 3.95. The SMILES string of the molecule is CNCc1nnnn1CCCC(C)C. The molecular formula is C9H19N5. The Hall–Kier alpha value is -0.970. The van der Waals surface area contributed by atoms with Gasteiger partial charge in [-0.05, 0) is 36.2 Å². The van der Waals surface area contributed by atoms with Gasteiger partial charge in [0.25, 0.3) is 0 Å². The van der Waals surface area contributed by atoms with Gasteiger partial charge >= 0.3 is 0 Å². The van der Waals surface area contributed by atoms with Crippen molar-refractivity contribution in [3.05, 3.63) is 5.82 Å². The Labute approximate surface area is 84.9 Å². The minimum absolute atomic E-state index is 0.731. The summed E-state index contributed by atoms with van der Waals surface area (Å²) in [7, 11) is 1.90. The fourth-order valence-corrected chi connectivity index (χ4v) is 1.33. The zero-order valence-corrected chi connectivity index (χ0v) is 9.19. The van der Waals surface area contributed by atoms with E-state index in [4.69, 9.17) is 0 Å². The molecule has 5 heteroatoms. The van der Waals surface area contributed by atoms with Crippen molar-refractivity contribution in [1.29, 1.82) is 0 Å². The molecule has 0 amide bonds. The first kappa shape index (κ1) is 11.1. The summed E-state index contributed by atoms with van der Waals surface area (Å²) in [5.74, 6) is 1.66. The Morgan fingerprint density at radius 2 is 2.21 bits per heavy atom. The second-order valence-corrected chi connectivity index (χ2v) is 3.88. The van der Waals surface area contributed by atoms with Crippen LogP contribution in [0.15, 0.2) is 0 Å². The van der Waals surface area contributed by atoms with E-state index in [-0.39, 0.29) is 0 Å². The highest BCUT2D eigenvalue weighted by Gasteiger charge is 2.04. The van der Waals surface area contributed by atoms with E-state index < -0.39 is 0 Å². The van der Waals surface area contributed by atoms with Gasteiger partial charge in [-0.15, -0.1) is 5.10 Å². The molecule has 0 radical (unpaired) electrons. The molecule has 0 fully saturated rings. The normalized spacial score (nSPS) is 11.1. The van der Waals surface area contributed by atoms with Crippen molar-refractivity contribution in [2.45, 2.75) is 39.8 Å². The molecule has 0 spiro atoms. The first-order chi connectivity index (χ1) is 6.74. The van der Waals surface area contributed by atoms with Crippen LogP contribution in [0.25, 0.3) is 0 Å². The summed E-state index contributed by atoms with van der Waals surface area (Å²) < 4.78 is 1.87. The van der Waals surface area contributed by atoms with Gasteiger partial charge in [0.15, 0.2) is 5.82 Å². The minimum atomic E-state index is 0.731. The van der Waals surface area contributed by atoms with Gasteiger partial charge in [0.2, 0.25) is 0 Å². The molecule has 14 heavy (non-hydrogen) atoms. The van der Waals surface area contributed by atoms with E-state index in [1.54, 1.807) is 0 Å². The Morgan fingerprint density at radius 1 is 1.43 bits per heavy atom. The third-order valence-electron chi connectivity index (χ3n) is 2.09. The number of tetrazole rings is 1. The molecule has 0 saturated carbocycles. The second-order valence-electron chi connectivity index (χ2n) is 3.88. The number of hydrogen-bond acceptors (Lipinski definition) is 4. The van der Waals surface area contributed by atoms with Crippen LogP contribution in [0, 0.1) is 5.92 Å². The van der Waals surface area contributed by atoms with Crippen LogP contribution in [0.1, 0.15) is 32.5 Å². The van der Waals surface area contributed by atoms with Crippen LogP contribution in [-0.4, -0.2) is 27.3 Å². The summed E-state index contributed by atoms with van der Waals surface area (Å²) in [6, 6.07) is 0. The van der Waals surface area contributed by atoms with E-state index in [2.05, 4.69) is 34.7 Å². The number of nitrogens with zero attached hydrogens (tertiary/aromatic N) is 4. The molecule has 1 heterocycles. The van der Waals surface area contributed by atoms with Crippen LogP contribution in [0.4, 0.5) is 0 Å². The first-order valence-electron chi connectivity index (χ1n) is 5.13. The molecule has 0 aliphatic rings. The standard InChI is InChI=1S/C9H19N5/c1-8(2)5-4-6-14-9(7-10-3)11-12-13-14/h8,10H,4-7H2,1-3H3. The molecule has 5 nitrogen and oxygen atoms in total. The maximum absolute atomic E-state index is 3.95. The molecular weight excluding hydrogens is 178 g/mol. The van der Waals surface area contributed by atoms with Gasteiger partial charge in [-0.1, -0.05) is 13.8 Å². The summed E-state index contributed by atoms with van der Waals surface area (Å²) >= 11 is 0. The van der Waals surface area contributed by atoms with E-state index in [9.17, 15) is 0 Å². The molecule has 0 saturated heterocycles. The van der Waals surface area contributed by atoms with E-state index in [0.29, 0.717) is 0 Å². The molecule has 80 valence electrons. The molecule has 1 aromatic heterocycles. The van der Waals surface area contributed by atoms with E-state index in [1.807, 2.05) is 11.7 Å². The van der Waals surface area contributed by atoms with E-state index in [1.165, 1.54) is 6.42 Å². The molecule has 0 unspecified atom stereocenters. The van der Waals surface area contributed by atoms with Crippen LogP contribution in [0.2, 0.25) is 0 Å². The molecule has 1 N–H and O–H groups in total. The average Bonchev–Trinajstić information content (AvgIpc) is 2.53. The fourth-order valence-electron chi connectivity index (χ4n) is 1.33. The highest BCUT2D eigenvalue weighted by molar-refractivity contribution is 4.78. The minimum Gasteiger partial charge on any atom is -0.313 e. The Balaban J connectivity index is 2.37. The average molecular weight is 197 g/mol. The van der Waals surface area contributed by atoms with E-state index in [0.717, 1.165) is 31.3 Å². The van der Waals surface area contributed by atoms with Crippen molar-refractivity contribution in [3.8, 4) is 0 Å². The lowest BCUT2D eigenvalue weighted by Gasteiger charge is -2.05. The monoisotopic (exact) mass is 197 g/mol. The van der Waals surface area contributed by atoms with Crippen molar-refractivity contribution in [3.63, 3.8) is 0 Å². The van der Waals surface area contributed by atoms with Crippen molar-refractivity contribution in [2.75, 3.05) is 7.05 Å². The van der Waals surface area contributed by atoms with E-state index >= 15 is 0 Å². The van der Waals surface area contributed by atoms with Crippen molar-refractivity contribution in [2.24, 2.45) is 5.92 Å². The van der Waals surface area contributed by atoms with Crippen LogP contribution < -0.4 is 5.32 Å². The second kappa shape index (κ2) is 5.70. The van der Waals surface area contributed by atoms with Gasteiger partial charge in [-0.2, -0.15) is 0 Å². The predicted molar refractivity (Wildman–Crippen MR) is 54.7 cm³/mol. The summed E-state index contributed by atoms with van der Waals surface area (Å²) in [4.78, 5) is 0.